The number of amides is 2. The van der Waals surface area contributed by atoms with E-state index in [9.17, 15) is 9.59 Å². The predicted octanol–water partition coefficient (Wildman–Crippen LogP) is 3.36. The molecule has 27 heavy (non-hydrogen) atoms. The quantitative estimate of drug-likeness (QED) is 0.701. The first kappa shape index (κ1) is 23.1. The summed E-state index contributed by atoms with van der Waals surface area (Å²) in [6, 6.07) is 13.2. The van der Waals surface area contributed by atoms with Gasteiger partial charge in [0, 0.05) is 11.4 Å². The van der Waals surface area contributed by atoms with Crippen molar-refractivity contribution in [2.45, 2.75) is 39.4 Å². The molecule has 148 valence electrons. The summed E-state index contributed by atoms with van der Waals surface area (Å²) in [6.45, 7) is 6.21. The molecule has 1 aromatic heterocycles. The third-order valence-electron chi connectivity index (χ3n) is 4.37. The second kappa shape index (κ2) is 11.1. The number of thiophene rings is 1. The number of halogens is 1. The number of carbonyl (C=O) groups is 2. The van der Waals surface area contributed by atoms with Gasteiger partial charge in [-0.05, 0) is 29.9 Å². The van der Waals surface area contributed by atoms with Gasteiger partial charge in [0.25, 0.3) is 0 Å². The summed E-state index contributed by atoms with van der Waals surface area (Å²) in [7, 11) is 0. The molecule has 2 atom stereocenters. The molecule has 1 heterocycles. The first-order chi connectivity index (χ1) is 12.4. The van der Waals surface area contributed by atoms with Crippen LogP contribution in [0.15, 0.2) is 47.8 Å². The van der Waals surface area contributed by atoms with E-state index in [-0.39, 0.29) is 42.7 Å². The van der Waals surface area contributed by atoms with E-state index in [0.717, 1.165) is 10.4 Å². The molecule has 0 aliphatic heterocycles. The van der Waals surface area contributed by atoms with Crippen LogP contribution in [-0.4, -0.2) is 29.3 Å². The average molecular weight is 410 g/mol. The lowest BCUT2D eigenvalue weighted by Gasteiger charge is -2.29. The third kappa shape index (κ3) is 6.65. The van der Waals surface area contributed by atoms with Gasteiger partial charge in [-0.25, -0.2) is 0 Å². The number of benzene rings is 1. The maximum Gasteiger partial charge on any atom is 0.242 e. The van der Waals surface area contributed by atoms with Gasteiger partial charge in [-0.15, -0.1) is 23.7 Å². The highest BCUT2D eigenvalue weighted by atomic mass is 35.5. The number of hydrogen-bond donors (Lipinski definition) is 2. The van der Waals surface area contributed by atoms with Crippen LogP contribution in [0.25, 0.3) is 0 Å². The van der Waals surface area contributed by atoms with E-state index in [4.69, 9.17) is 5.73 Å². The molecule has 2 rings (SSSR count). The standard InChI is InChI=1S/C20H27N3O2S.ClH/c1-14(2)19(21)20(25)22-12-18(24)23(13-16-8-5-4-6-9-16)15(3)17-10-7-11-26-17;/h4-11,14-15,19H,12-13,21H2,1-3H3,(H,22,25);1H/t15?,19-;/m0./s1. The molecule has 0 radical (unpaired) electrons. The van der Waals surface area contributed by atoms with E-state index >= 15 is 0 Å². The Hall–Kier alpha value is -1.89. The Morgan fingerprint density at radius 1 is 1.11 bits per heavy atom. The van der Waals surface area contributed by atoms with Crippen molar-refractivity contribution in [3.05, 3.63) is 58.3 Å². The summed E-state index contributed by atoms with van der Waals surface area (Å²) < 4.78 is 0. The molecule has 0 bridgehead atoms. The van der Waals surface area contributed by atoms with Crippen molar-refractivity contribution in [2.24, 2.45) is 11.7 Å². The molecule has 3 N–H and O–H groups in total. The van der Waals surface area contributed by atoms with Crippen LogP contribution in [0.4, 0.5) is 0 Å². The Morgan fingerprint density at radius 3 is 2.33 bits per heavy atom. The summed E-state index contributed by atoms with van der Waals surface area (Å²) in [4.78, 5) is 27.8. The molecular weight excluding hydrogens is 382 g/mol. The first-order valence-corrected chi connectivity index (χ1v) is 9.68. The molecule has 0 saturated carbocycles. The van der Waals surface area contributed by atoms with Crippen molar-refractivity contribution in [2.75, 3.05) is 6.54 Å². The van der Waals surface area contributed by atoms with E-state index in [1.807, 2.05) is 68.6 Å². The van der Waals surface area contributed by atoms with E-state index in [2.05, 4.69) is 5.32 Å². The summed E-state index contributed by atoms with van der Waals surface area (Å²) in [5.74, 6) is -0.397. The molecule has 5 nitrogen and oxygen atoms in total. The fourth-order valence-electron chi connectivity index (χ4n) is 2.59. The monoisotopic (exact) mass is 409 g/mol. The molecule has 1 aromatic carbocycles. The van der Waals surface area contributed by atoms with Crippen LogP contribution in [0, 0.1) is 5.92 Å². The van der Waals surface area contributed by atoms with Gasteiger partial charge in [0.2, 0.25) is 11.8 Å². The topological polar surface area (TPSA) is 75.4 Å². The van der Waals surface area contributed by atoms with Crippen LogP contribution < -0.4 is 11.1 Å². The van der Waals surface area contributed by atoms with Gasteiger partial charge in [0.1, 0.15) is 0 Å². The Labute approximate surface area is 171 Å². The van der Waals surface area contributed by atoms with Gasteiger partial charge in [0.05, 0.1) is 18.6 Å². The number of nitrogens with two attached hydrogens (primary N) is 1. The van der Waals surface area contributed by atoms with Crippen LogP contribution >= 0.6 is 23.7 Å². The van der Waals surface area contributed by atoms with Crippen LogP contribution in [0.1, 0.15) is 37.3 Å². The molecule has 7 heteroatoms. The van der Waals surface area contributed by atoms with E-state index in [1.165, 1.54) is 0 Å². The van der Waals surface area contributed by atoms with Crippen LogP contribution in [0.5, 0.6) is 0 Å². The van der Waals surface area contributed by atoms with E-state index < -0.39 is 6.04 Å². The van der Waals surface area contributed by atoms with Crippen molar-refractivity contribution in [1.82, 2.24) is 10.2 Å². The fourth-order valence-corrected chi connectivity index (χ4v) is 3.38. The SMILES string of the molecule is CC(C)[C@H](N)C(=O)NCC(=O)N(Cc1ccccc1)C(C)c1cccs1.Cl. The normalized spacial score (nSPS) is 12.8. The second-order valence-corrected chi connectivity index (χ2v) is 7.67. The lowest BCUT2D eigenvalue weighted by Crippen LogP contribution is -2.48. The summed E-state index contributed by atoms with van der Waals surface area (Å²) in [5.41, 5.74) is 6.90. The lowest BCUT2D eigenvalue weighted by molar-refractivity contribution is -0.135. The number of carbonyl (C=O) groups excluding carboxylic acids is 2. The lowest BCUT2D eigenvalue weighted by atomic mass is 10.1. The summed E-state index contributed by atoms with van der Waals surface area (Å²) >= 11 is 1.62. The maximum absolute atomic E-state index is 12.9. The number of nitrogens with one attached hydrogen (secondary N) is 1. The molecule has 0 spiro atoms. The van der Waals surface area contributed by atoms with E-state index in [1.54, 1.807) is 16.2 Å². The fraction of sp³-hybridized carbons (Fsp3) is 0.400. The van der Waals surface area contributed by atoms with Crippen molar-refractivity contribution in [3.8, 4) is 0 Å². The van der Waals surface area contributed by atoms with Gasteiger partial charge in [-0.2, -0.15) is 0 Å². The Morgan fingerprint density at radius 2 is 1.78 bits per heavy atom. The van der Waals surface area contributed by atoms with Gasteiger partial charge >= 0.3 is 0 Å². The zero-order valence-electron chi connectivity index (χ0n) is 15.9. The summed E-state index contributed by atoms with van der Waals surface area (Å²) in [5, 5.41) is 4.68. The molecular formula is C20H28ClN3O2S. The number of hydrogen-bond acceptors (Lipinski definition) is 4. The largest absolute Gasteiger partial charge is 0.346 e. The average Bonchev–Trinajstić information content (AvgIpc) is 3.18. The van der Waals surface area contributed by atoms with Gasteiger partial charge in [0.15, 0.2) is 0 Å². The van der Waals surface area contributed by atoms with Crippen LogP contribution in [0.3, 0.4) is 0 Å². The Bertz CT molecular complexity index is 707. The van der Waals surface area contributed by atoms with Gasteiger partial charge in [-0.3, -0.25) is 9.59 Å². The van der Waals surface area contributed by atoms with E-state index in [0.29, 0.717) is 6.54 Å². The smallest absolute Gasteiger partial charge is 0.242 e. The minimum Gasteiger partial charge on any atom is -0.346 e. The van der Waals surface area contributed by atoms with Gasteiger partial charge in [-0.1, -0.05) is 50.2 Å². The van der Waals surface area contributed by atoms with Crippen LogP contribution in [0.2, 0.25) is 0 Å². The summed E-state index contributed by atoms with van der Waals surface area (Å²) in [6.07, 6.45) is 0. The minimum atomic E-state index is -0.611. The van der Waals surface area contributed by atoms with Crippen molar-refractivity contribution < 1.29 is 9.59 Å². The molecule has 0 saturated heterocycles. The zero-order valence-corrected chi connectivity index (χ0v) is 17.6. The molecule has 2 aromatic rings. The number of nitrogens with zero attached hydrogens (tertiary/aromatic N) is 1. The highest BCUT2D eigenvalue weighted by molar-refractivity contribution is 7.10. The first-order valence-electron chi connectivity index (χ1n) is 8.80. The highest BCUT2D eigenvalue weighted by Gasteiger charge is 2.24. The van der Waals surface area contributed by atoms with Crippen molar-refractivity contribution >= 4 is 35.6 Å². The molecule has 0 fully saturated rings. The predicted molar refractivity (Wildman–Crippen MR) is 113 cm³/mol. The highest BCUT2D eigenvalue weighted by Crippen LogP contribution is 2.26. The second-order valence-electron chi connectivity index (χ2n) is 6.69. The molecule has 0 aliphatic rings. The Kier molecular flexibility index (Phi) is 9.49. The van der Waals surface area contributed by atoms with Crippen molar-refractivity contribution in [1.29, 1.82) is 0 Å². The zero-order chi connectivity index (χ0) is 19.1. The maximum atomic E-state index is 12.9. The molecule has 1 unspecified atom stereocenters. The molecule has 2 amide bonds. The third-order valence-corrected chi connectivity index (χ3v) is 5.42. The minimum absolute atomic E-state index is 0. The van der Waals surface area contributed by atoms with Crippen LogP contribution in [-0.2, 0) is 16.1 Å². The number of rotatable bonds is 8. The molecule has 0 aliphatic carbocycles. The Balaban J connectivity index is 0.00000364. The van der Waals surface area contributed by atoms with Gasteiger partial charge < -0.3 is 16.0 Å². The van der Waals surface area contributed by atoms with Crippen molar-refractivity contribution in [3.63, 3.8) is 0 Å².